The molecule has 1 N–H and O–H groups in total. The van der Waals surface area contributed by atoms with Crippen LogP contribution in [0.1, 0.15) is 87.3 Å². The van der Waals surface area contributed by atoms with Crippen molar-refractivity contribution >= 4 is 50.9 Å². The number of aryl methyl sites for hydroxylation is 2. The third kappa shape index (κ3) is 5.02. The third-order valence-corrected chi connectivity index (χ3v) is 12.9. The lowest BCUT2D eigenvalue weighted by Gasteiger charge is -2.40. The number of ether oxygens (including phenoxy) is 1. The minimum absolute atomic E-state index is 0.0308. The normalized spacial score (nSPS) is 27.0. The van der Waals surface area contributed by atoms with Crippen molar-refractivity contribution < 1.29 is 13.9 Å². The second kappa shape index (κ2) is 11.7. The highest BCUT2D eigenvalue weighted by Gasteiger charge is 2.51. The van der Waals surface area contributed by atoms with Gasteiger partial charge >= 0.3 is 0 Å². The Morgan fingerprint density at radius 2 is 2.02 bits per heavy atom. The van der Waals surface area contributed by atoms with Crippen molar-refractivity contribution in [3.63, 3.8) is 0 Å². The number of nitrogens with one attached hydrogen (secondary N) is 1. The number of likely N-dealkylation sites (tertiary alicyclic amines) is 1. The number of hydrogen-bond donors (Lipinski definition) is 1. The molecule has 10 heteroatoms. The van der Waals surface area contributed by atoms with Crippen LogP contribution in [-0.2, 0) is 16.0 Å². The van der Waals surface area contributed by atoms with E-state index in [0.717, 1.165) is 72.7 Å². The molecule has 6 fully saturated rings. The molecule has 2 aromatic carbocycles. The largest absolute Gasteiger partial charge is 0.370 e. The molecule has 49 heavy (non-hydrogen) atoms. The number of nitrogens with zero attached hydrogens (tertiary/aromatic N) is 4. The molecule has 254 valence electrons. The van der Waals surface area contributed by atoms with E-state index in [9.17, 15) is 10.1 Å². The monoisotopic (exact) mass is 699 g/mol. The highest BCUT2D eigenvalue weighted by Crippen LogP contribution is 2.52. The van der Waals surface area contributed by atoms with Crippen molar-refractivity contribution in [3.8, 4) is 17.2 Å². The Balaban J connectivity index is 1.27. The molecule has 3 aliphatic carbocycles. The molecule has 5 unspecified atom stereocenters. The number of aromatic nitrogens is 2. The Bertz CT molecular complexity index is 2070. The smallest absolute Gasteiger partial charge is 0.226 e. The molecular formula is C39H40Cl2FN5O2. The fourth-order valence-electron chi connectivity index (χ4n) is 9.27. The van der Waals surface area contributed by atoms with Crippen LogP contribution in [-0.4, -0.2) is 51.2 Å². The maximum Gasteiger partial charge on any atom is 0.226 e. The first-order chi connectivity index (χ1) is 23.7. The van der Waals surface area contributed by atoms with Gasteiger partial charge in [-0.3, -0.25) is 4.79 Å². The van der Waals surface area contributed by atoms with E-state index in [0.29, 0.717) is 46.6 Å². The van der Waals surface area contributed by atoms with Crippen molar-refractivity contribution in [1.82, 2.24) is 19.8 Å². The molecular weight excluding hydrogens is 660 g/mol. The molecule has 7 nitrogen and oxygen atoms in total. The van der Waals surface area contributed by atoms with E-state index in [2.05, 4.69) is 33.8 Å². The summed E-state index contributed by atoms with van der Waals surface area (Å²) in [4.78, 5) is 21.0. The van der Waals surface area contributed by atoms with Gasteiger partial charge in [-0.1, -0.05) is 35.3 Å². The van der Waals surface area contributed by atoms with Crippen molar-refractivity contribution in [2.75, 3.05) is 13.1 Å². The van der Waals surface area contributed by atoms with E-state index >= 15 is 4.39 Å². The molecule has 4 aromatic rings. The second-order valence-electron chi connectivity index (χ2n) is 15.3. The predicted molar refractivity (Wildman–Crippen MR) is 189 cm³/mol. The van der Waals surface area contributed by atoms with E-state index in [-0.39, 0.29) is 52.6 Å². The fraction of sp³-hybridized carbons (Fsp3) is 0.513. The van der Waals surface area contributed by atoms with Crippen LogP contribution < -0.4 is 5.32 Å². The van der Waals surface area contributed by atoms with Crippen LogP contribution in [0.4, 0.5) is 4.39 Å². The van der Waals surface area contributed by atoms with Crippen LogP contribution in [0.25, 0.3) is 32.9 Å². The van der Waals surface area contributed by atoms with Crippen LogP contribution in [0.3, 0.4) is 0 Å². The lowest BCUT2D eigenvalue weighted by atomic mass is 9.79. The summed E-state index contributed by atoms with van der Waals surface area (Å²) in [6.45, 7) is 5.69. The standard InChI is InChI=1S/C39H40Cl2FN5O2/c1-20-26-17-31(30-16-24(49-39(2)11-5-12-39)19-46(30)38(48)21-9-10-21)47(36-23-15-29(36)44-18-23)37(26)27-14-22(6-4-13-43)32(34(42)35(27)45-20)25-7-3-8-28(40)33(25)41/h3,7-8,14,17,21,23-24,29-30,36,44H,4-6,9-12,15-16,18-19H2,1-2H3. The number of hydrogen-bond acceptors (Lipinski definition) is 5. The Morgan fingerprint density at radius 1 is 1.20 bits per heavy atom. The summed E-state index contributed by atoms with van der Waals surface area (Å²) in [5.41, 5.74) is 4.47. The van der Waals surface area contributed by atoms with Gasteiger partial charge < -0.3 is 19.5 Å². The van der Waals surface area contributed by atoms with E-state index in [1.54, 1.807) is 18.2 Å². The Hall–Kier alpha value is -3.22. The zero-order chi connectivity index (χ0) is 33.8. The number of carbonyl (C=O) groups is 1. The first kappa shape index (κ1) is 31.7. The van der Waals surface area contributed by atoms with E-state index in [1.165, 1.54) is 6.42 Å². The van der Waals surface area contributed by atoms with Crippen LogP contribution >= 0.6 is 23.2 Å². The minimum Gasteiger partial charge on any atom is -0.370 e. The molecule has 3 aliphatic heterocycles. The Morgan fingerprint density at radius 3 is 2.69 bits per heavy atom. The third-order valence-electron chi connectivity index (χ3n) is 12.1. The van der Waals surface area contributed by atoms with E-state index < -0.39 is 5.82 Å². The van der Waals surface area contributed by atoms with Gasteiger partial charge in [0, 0.05) is 71.2 Å². The highest BCUT2D eigenvalue weighted by atomic mass is 35.5. The molecule has 5 atom stereocenters. The number of amides is 1. The van der Waals surface area contributed by atoms with Crippen molar-refractivity contribution in [2.24, 2.45) is 11.8 Å². The number of pyridine rings is 1. The van der Waals surface area contributed by atoms with Gasteiger partial charge in [0.05, 0.1) is 45.4 Å². The zero-order valence-electron chi connectivity index (χ0n) is 27.9. The topological polar surface area (TPSA) is 83.2 Å². The number of carbonyl (C=O) groups excluding carboxylic acids is 1. The van der Waals surface area contributed by atoms with Crippen LogP contribution in [0.2, 0.25) is 10.0 Å². The van der Waals surface area contributed by atoms with Crippen molar-refractivity contribution in [3.05, 3.63) is 63.1 Å². The number of rotatable bonds is 8. The molecule has 3 saturated carbocycles. The Labute approximate surface area is 295 Å². The quantitative estimate of drug-likeness (QED) is 0.199. The van der Waals surface area contributed by atoms with Crippen molar-refractivity contribution in [2.45, 2.75) is 101 Å². The molecule has 2 aromatic heterocycles. The summed E-state index contributed by atoms with van der Waals surface area (Å²) in [7, 11) is 0. The predicted octanol–water partition coefficient (Wildman–Crippen LogP) is 8.61. The first-order valence-corrected chi connectivity index (χ1v) is 18.6. The number of fused-ring (bicyclic) bond motifs is 4. The second-order valence-corrected chi connectivity index (χ2v) is 16.1. The van der Waals surface area contributed by atoms with Gasteiger partial charge in [-0.15, -0.1) is 0 Å². The molecule has 3 saturated heterocycles. The fourth-order valence-corrected chi connectivity index (χ4v) is 9.66. The average Bonchev–Trinajstić information content (AvgIpc) is 3.36. The van der Waals surface area contributed by atoms with E-state index in [1.807, 2.05) is 13.0 Å². The lowest BCUT2D eigenvalue weighted by Crippen LogP contribution is -2.42. The zero-order valence-corrected chi connectivity index (χ0v) is 29.4. The van der Waals surface area contributed by atoms with Crippen LogP contribution in [0.15, 0.2) is 30.3 Å². The molecule has 6 aliphatic rings. The molecule has 2 bridgehead atoms. The highest BCUT2D eigenvalue weighted by molar-refractivity contribution is 6.43. The van der Waals surface area contributed by atoms with Crippen molar-refractivity contribution in [1.29, 1.82) is 5.26 Å². The van der Waals surface area contributed by atoms with Gasteiger partial charge in [0.25, 0.3) is 0 Å². The van der Waals surface area contributed by atoms with E-state index in [4.69, 9.17) is 32.9 Å². The Kier molecular flexibility index (Phi) is 7.56. The van der Waals surface area contributed by atoms with Crippen LogP contribution in [0, 0.1) is 35.9 Å². The summed E-state index contributed by atoms with van der Waals surface area (Å²) in [6.07, 6.45) is 7.57. The summed E-state index contributed by atoms with van der Waals surface area (Å²) in [5, 5.41) is 15.6. The van der Waals surface area contributed by atoms with Gasteiger partial charge in [0.1, 0.15) is 5.52 Å². The number of benzene rings is 2. The number of halogens is 3. The summed E-state index contributed by atoms with van der Waals surface area (Å²) in [5.74, 6) is 0.314. The maximum atomic E-state index is 17.1. The first-order valence-electron chi connectivity index (χ1n) is 17.9. The molecule has 10 rings (SSSR count). The molecule has 1 amide bonds. The molecule has 0 spiro atoms. The van der Waals surface area contributed by atoms with Crippen LogP contribution in [0.5, 0.6) is 0 Å². The SMILES string of the molecule is Cc1nc2c(F)c(-c3cccc(Cl)c3Cl)c(CCC#N)cc2c2c1cc(C1CC(OC3(C)CCC3)CN1C(=O)C1CC1)n2C1C2CNC1C2. The van der Waals surface area contributed by atoms with Gasteiger partial charge in [-0.25, -0.2) is 9.37 Å². The summed E-state index contributed by atoms with van der Waals surface area (Å²) < 4.78 is 26.3. The molecule has 0 radical (unpaired) electrons. The van der Waals surface area contributed by atoms with Gasteiger partial charge in [-0.05, 0) is 88.5 Å². The van der Waals surface area contributed by atoms with Gasteiger partial charge in [-0.2, -0.15) is 5.26 Å². The minimum atomic E-state index is -0.461. The van der Waals surface area contributed by atoms with Gasteiger partial charge in [0.2, 0.25) is 5.91 Å². The summed E-state index contributed by atoms with van der Waals surface area (Å²) in [6, 6.07) is 12.1. The average molecular weight is 701 g/mol. The van der Waals surface area contributed by atoms with Gasteiger partial charge in [0.15, 0.2) is 5.82 Å². The summed E-state index contributed by atoms with van der Waals surface area (Å²) >= 11 is 13.1. The number of nitriles is 1. The lowest BCUT2D eigenvalue weighted by molar-refractivity contribution is -0.138. The molecule has 5 heterocycles. The maximum absolute atomic E-state index is 17.1.